The van der Waals surface area contributed by atoms with Crippen LogP contribution in [0.5, 0.6) is 17.4 Å². The van der Waals surface area contributed by atoms with E-state index in [0.29, 0.717) is 36.0 Å². The van der Waals surface area contributed by atoms with Crippen LogP contribution in [0.4, 0.5) is 5.69 Å². The number of methoxy groups -OCH3 is 2. The Kier molecular flexibility index (Phi) is 9.64. The number of pyridine rings is 1. The molecule has 2 fully saturated rings. The van der Waals surface area contributed by atoms with E-state index >= 15 is 4.79 Å². The summed E-state index contributed by atoms with van der Waals surface area (Å²) >= 11 is 0. The molecule has 4 heterocycles. The Bertz CT molecular complexity index is 1770. The zero-order valence-electron chi connectivity index (χ0n) is 27.9. The monoisotopic (exact) mass is 677 g/mol. The van der Waals surface area contributed by atoms with Crippen LogP contribution in [0.2, 0.25) is 0 Å². The van der Waals surface area contributed by atoms with Crippen LogP contribution < -0.4 is 18.5 Å². The summed E-state index contributed by atoms with van der Waals surface area (Å²) in [6.07, 6.45) is 3.45. The highest BCUT2D eigenvalue weighted by molar-refractivity contribution is 7.93. The Hall–Kier alpha value is -4.20. The Balaban J connectivity index is 1.41. The molecule has 1 aromatic heterocycles. The number of ether oxygens (including phenoxy) is 3. The van der Waals surface area contributed by atoms with Crippen LogP contribution in [-0.4, -0.2) is 113 Å². The lowest BCUT2D eigenvalue weighted by Crippen LogP contribution is -2.55. The maximum Gasteiger partial charge on any atom is 0.274 e. The Labute approximate surface area is 282 Å². The second kappa shape index (κ2) is 13.7. The van der Waals surface area contributed by atoms with E-state index < -0.39 is 21.3 Å². The fourth-order valence-electron chi connectivity index (χ4n) is 7.26. The quantitative estimate of drug-likeness (QED) is 0.317. The average Bonchev–Trinajstić information content (AvgIpc) is 3.36. The predicted octanol–water partition coefficient (Wildman–Crippen LogP) is 3.15. The molecule has 48 heavy (non-hydrogen) atoms. The SMILES string of the molecule is CCOc1ncccc1C1(CC(=O)N2CCN(C3CCN(C)CC3)CC2)C(=O)N(S(=O)(=O)c2ccc(OC)cc2OC)c2ccccc21. The van der Waals surface area contributed by atoms with Gasteiger partial charge in [0.25, 0.3) is 15.9 Å². The average molecular weight is 678 g/mol. The first-order chi connectivity index (χ1) is 23.1. The van der Waals surface area contributed by atoms with E-state index in [1.165, 1.54) is 32.4 Å². The molecule has 0 radical (unpaired) electrons. The molecular formula is C35H43N5O7S. The van der Waals surface area contributed by atoms with E-state index in [-0.39, 0.29) is 41.1 Å². The topological polar surface area (TPSA) is 122 Å². The van der Waals surface area contributed by atoms with Gasteiger partial charge in [-0.15, -0.1) is 0 Å². The van der Waals surface area contributed by atoms with Gasteiger partial charge >= 0.3 is 0 Å². The van der Waals surface area contributed by atoms with Crippen molar-refractivity contribution in [2.45, 2.75) is 42.5 Å². The minimum absolute atomic E-state index is 0.0204. The van der Waals surface area contributed by atoms with Crippen LogP contribution >= 0.6 is 0 Å². The fourth-order valence-corrected chi connectivity index (χ4v) is 8.89. The van der Waals surface area contributed by atoms with Crippen LogP contribution in [-0.2, 0) is 25.0 Å². The summed E-state index contributed by atoms with van der Waals surface area (Å²) in [6, 6.07) is 14.9. The maximum atomic E-state index is 15.1. The third-order valence-corrected chi connectivity index (χ3v) is 11.6. The van der Waals surface area contributed by atoms with Gasteiger partial charge in [-0.05, 0) is 69.7 Å². The van der Waals surface area contributed by atoms with Crippen molar-refractivity contribution in [1.29, 1.82) is 0 Å². The minimum Gasteiger partial charge on any atom is -0.497 e. The number of piperazine rings is 1. The van der Waals surface area contributed by atoms with Gasteiger partial charge in [-0.25, -0.2) is 17.7 Å². The van der Waals surface area contributed by atoms with Gasteiger partial charge in [0.2, 0.25) is 11.8 Å². The number of carbonyl (C=O) groups is 2. The van der Waals surface area contributed by atoms with Crippen molar-refractivity contribution in [3.05, 3.63) is 71.9 Å². The van der Waals surface area contributed by atoms with Gasteiger partial charge in [0.05, 0.1) is 26.5 Å². The molecule has 3 aromatic rings. The second-order valence-electron chi connectivity index (χ2n) is 12.4. The Morgan fingerprint density at radius 1 is 0.938 bits per heavy atom. The van der Waals surface area contributed by atoms with Gasteiger partial charge in [0.15, 0.2) is 0 Å². The van der Waals surface area contributed by atoms with Crippen LogP contribution in [0, 0.1) is 0 Å². The van der Waals surface area contributed by atoms with E-state index in [1.54, 1.807) is 54.4 Å². The number of fused-ring (bicyclic) bond motifs is 1. The van der Waals surface area contributed by atoms with Crippen molar-refractivity contribution < 1.29 is 32.2 Å². The molecule has 256 valence electrons. The lowest BCUT2D eigenvalue weighted by Gasteiger charge is -2.42. The van der Waals surface area contributed by atoms with E-state index in [9.17, 15) is 13.2 Å². The molecule has 2 aromatic carbocycles. The first kappa shape index (κ1) is 33.7. The van der Waals surface area contributed by atoms with Gasteiger partial charge in [0, 0.05) is 56.5 Å². The molecule has 3 aliphatic heterocycles. The van der Waals surface area contributed by atoms with Crippen molar-refractivity contribution in [3.63, 3.8) is 0 Å². The number of amides is 2. The van der Waals surface area contributed by atoms with Crippen LogP contribution in [0.3, 0.4) is 0 Å². The molecule has 12 nitrogen and oxygen atoms in total. The van der Waals surface area contributed by atoms with E-state index in [2.05, 4.69) is 21.8 Å². The number of benzene rings is 2. The highest BCUT2D eigenvalue weighted by atomic mass is 32.2. The van der Waals surface area contributed by atoms with Crippen LogP contribution in [0.15, 0.2) is 65.7 Å². The number of sulfonamides is 1. The van der Waals surface area contributed by atoms with Crippen LogP contribution in [0.1, 0.15) is 37.3 Å². The fraction of sp³-hybridized carbons (Fsp3) is 0.457. The molecule has 0 spiro atoms. The third-order valence-electron chi connectivity index (χ3n) is 9.82. The van der Waals surface area contributed by atoms with Crippen molar-refractivity contribution >= 4 is 27.5 Å². The number of carbonyl (C=O) groups excluding carboxylic acids is 2. The van der Waals surface area contributed by atoms with Crippen molar-refractivity contribution in [1.82, 2.24) is 19.7 Å². The van der Waals surface area contributed by atoms with Crippen molar-refractivity contribution in [3.8, 4) is 17.4 Å². The molecule has 6 rings (SSSR count). The maximum absolute atomic E-state index is 15.1. The van der Waals surface area contributed by atoms with Gasteiger partial charge in [0.1, 0.15) is 21.8 Å². The number of aromatic nitrogens is 1. The number of hydrogen-bond donors (Lipinski definition) is 0. The summed E-state index contributed by atoms with van der Waals surface area (Å²) < 4.78 is 46.5. The molecular weight excluding hydrogens is 634 g/mol. The number of nitrogens with zero attached hydrogens (tertiary/aromatic N) is 5. The third kappa shape index (κ3) is 5.88. The van der Waals surface area contributed by atoms with Gasteiger partial charge < -0.3 is 24.0 Å². The molecule has 2 amide bonds. The first-order valence-electron chi connectivity index (χ1n) is 16.4. The molecule has 0 saturated carbocycles. The highest BCUT2D eigenvalue weighted by Gasteiger charge is 2.58. The molecule has 13 heteroatoms. The Morgan fingerprint density at radius 2 is 1.65 bits per heavy atom. The first-order valence-corrected chi connectivity index (χ1v) is 17.8. The minimum atomic E-state index is -4.55. The number of hydrogen-bond acceptors (Lipinski definition) is 10. The molecule has 1 unspecified atom stereocenters. The smallest absolute Gasteiger partial charge is 0.274 e. The number of likely N-dealkylation sites (tertiary alicyclic amines) is 1. The van der Waals surface area contributed by atoms with Crippen molar-refractivity contribution in [2.24, 2.45) is 0 Å². The molecule has 0 N–H and O–H groups in total. The van der Waals surface area contributed by atoms with Gasteiger partial charge in [-0.2, -0.15) is 0 Å². The van der Waals surface area contributed by atoms with Crippen LogP contribution in [0.25, 0.3) is 0 Å². The number of rotatable bonds is 10. The molecule has 0 bridgehead atoms. The predicted molar refractivity (Wildman–Crippen MR) is 180 cm³/mol. The molecule has 0 aliphatic carbocycles. The highest BCUT2D eigenvalue weighted by Crippen LogP contribution is 2.52. The molecule has 3 aliphatic rings. The summed E-state index contributed by atoms with van der Waals surface area (Å²) in [7, 11) is 0.412. The largest absolute Gasteiger partial charge is 0.497 e. The Morgan fingerprint density at radius 3 is 2.33 bits per heavy atom. The number of anilines is 1. The molecule has 1 atom stereocenters. The number of piperidine rings is 1. The van der Waals surface area contributed by atoms with E-state index in [1.807, 2.05) is 0 Å². The van der Waals surface area contributed by atoms with Crippen molar-refractivity contribution in [2.75, 3.05) is 71.4 Å². The summed E-state index contributed by atoms with van der Waals surface area (Å²) in [5, 5.41) is 0. The van der Waals surface area contributed by atoms with Gasteiger partial charge in [-0.3, -0.25) is 14.5 Å². The standard InChI is InChI=1S/C35H43N5O7S/c1-5-47-33-28(10-8-16-36-33)35(24-32(41)39-21-19-38(20-22-39)25-14-17-37(2)18-15-25)27-9-6-7-11-29(27)40(34(35)42)48(43,44)31-13-12-26(45-3)23-30(31)46-4/h6-13,16,23,25H,5,14-15,17-22,24H2,1-4H3. The summed E-state index contributed by atoms with van der Waals surface area (Å²) in [5.41, 5.74) is -0.850. The second-order valence-corrected chi connectivity index (χ2v) is 14.2. The summed E-state index contributed by atoms with van der Waals surface area (Å²) in [5.74, 6) is -0.439. The zero-order chi connectivity index (χ0) is 34.1. The summed E-state index contributed by atoms with van der Waals surface area (Å²) in [4.78, 5) is 40.3. The number of para-hydroxylation sites is 1. The van der Waals surface area contributed by atoms with Gasteiger partial charge in [-0.1, -0.05) is 24.3 Å². The van der Waals surface area contributed by atoms with E-state index in [4.69, 9.17) is 14.2 Å². The normalized spacial score (nSPS) is 20.9. The molecule has 2 saturated heterocycles. The lowest BCUT2D eigenvalue weighted by molar-refractivity contribution is -0.137. The zero-order valence-corrected chi connectivity index (χ0v) is 28.7. The lowest BCUT2D eigenvalue weighted by atomic mass is 9.72. The van der Waals surface area contributed by atoms with E-state index in [0.717, 1.165) is 43.3 Å². The summed E-state index contributed by atoms with van der Waals surface area (Å²) in [6.45, 7) is 6.71.